The first-order chi connectivity index (χ1) is 13.1. The predicted molar refractivity (Wildman–Crippen MR) is 111 cm³/mol. The molecule has 2 aliphatic rings. The lowest BCUT2D eigenvalue weighted by molar-refractivity contribution is -0.143. The fraction of sp³-hybridized carbons (Fsp3) is 0.542. The highest BCUT2D eigenvalue weighted by atomic mass is 16.5. The molecule has 4 nitrogen and oxygen atoms in total. The van der Waals surface area contributed by atoms with Gasteiger partial charge in [-0.25, -0.2) is 4.79 Å². The minimum absolute atomic E-state index is 0.129. The molecular weight excluding hydrogens is 352 g/mol. The molecule has 0 bridgehead atoms. The van der Waals surface area contributed by atoms with Gasteiger partial charge in [-0.15, -0.1) is 0 Å². The minimum atomic E-state index is -0.402. The van der Waals surface area contributed by atoms with Crippen molar-refractivity contribution in [1.82, 2.24) is 0 Å². The van der Waals surface area contributed by atoms with Crippen LogP contribution in [-0.4, -0.2) is 22.8 Å². The second-order valence-electron chi connectivity index (χ2n) is 9.36. The molecule has 3 rings (SSSR count). The molecule has 2 saturated carbocycles. The third kappa shape index (κ3) is 3.96. The topological polar surface area (TPSA) is 66.8 Å². The third-order valence-electron chi connectivity index (χ3n) is 7.12. The molecule has 0 saturated heterocycles. The van der Waals surface area contributed by atoms with Crippen LogP contribution in [0.4, 0.5) is 0 Å². The smallest absolute Gasteiger partial charge is 0.330 e. The Balaban J connectivity index is 1.66. The maximum atomic E-state index is 12.3. The number of phenolic OH excluding ortho intramolecular Hbond substituents is 2. The summed E-state index contributed by atoms with van der Waals surface area (Å²) in [6.45, 7) is 11.8. The van der Waals surface area contributed by atoms with Crippen molar-refractivity contribution in [3.63, 3.8) is 0 Å². The van der Waals surface area contributed by atoms with E-state index in [0.717, 1.165) is 12.8 Å². The summed E-state index contributed by atoms with van der Waals surface area (Å²) in [7, 11) is 0. The summed E-state index contributed by atoms with van der Waals surface area (Å²) in [5, 5.41) is 18.9. The SMILES string of the molecule is C=C1CC[C@H]2C(C)(C)CCC[C@@]2(C)[C@H]1COC(=O)/C=C/c1ccc(O)c(O)c1. The average Bonchev–Trinajstić information content (AvgIpc) is 2.61. The van der Waals surface area contributed by atoms with E-state index in [1.54, 1.807) is 12.1 Å². The van der Waals surface area contributed by atoms with Crippen LogP contribution in [0.2, 0.25) is 0 Å². The van der Waals surface area contributed by atoms with Crippen molar-refractivity contribution in [2.45, 2.75) is 52.9 Å². The number of fused-ring (bicyclic) bond motifs is 1. The van der Waals surface area contributed by atoms with E-state index in [2.05, 4.69) is 27.4 Å². The minimum Gasteiger partial charge on any atom is -0.504 e. The Kier molecular flexibility index (Phi) is 5.60. The number of rotatable bonds is 4. The monoisotopic (exact) mass is 384 g/mol. The van der Waals surface area contributed by atoms with Gasteiger partial charge in [-0.05, 0) is 66.2 Å². The Morgan fingerprint density at radius 2 is 2.00 bits per heavy atom. The molecule has 0 aliphatic heterocycles. The Hall–Kier alpha value is -2.23. The molecule has 0 radical (unpaired) electrons. The van der Waals surface area contributed by atoms with Crippen molar-refractivity contribution >= 4 is 12.0 Å². The van der Waals surface area contributed by atoms with Crippen LogP contribution in [-0.2, 0) is 9.53 Å². The van der Waals surface area contributed by atoms with Gasteiger partial charge in [-0.1, -0.05) is 45.4 Å². The molecule has 1 aromatic carbocycles. The molecular formula is C24H32O4. The molecule has 2 aliphatic carbocycles. The molecule has 0 heterocycles. The largest absolute Gasteiger partial charge is 0.504 e. The fourth-order valence-corrected chi connectivity index (χ4v) is 5.60. The van der Waals surface area contributed by atoms with Gasteiger partial charge in [0.2, 0.25) is 0 Å². The van der Waals surface area contributed by atoms with Crippen molar-refractivity contribution < 1.29 is 19.7 Å². The van der Waals surface area contributed by atoms with Gasteiger partial charge in [0, 0.05) is 12.0 Å². The number of esters is 1. The van der Waals surface area contributed by atoms with Gasteiger partial charge < -0.3 is 14.9 Å². The van der Waals surface area contributed by atoms with E-state index in [9.17, 15) is 15.0 Å². The zero-order valence-corrected chi connectivity index (χ0v) is 17.2. The molecule has 0 unspecified atom stereocenters. The zero-order chi connectivity index (χ0) is 20.5. The van der Waals surface area contributed by atoms with E-state index >= 15 is 0 Å². The zero-order valence-electron chi connectivity index (χ0n) is 17.2. The van der Waals surface area contributed by atoms with Gasteiger partial charge in [0.05, 0.1) is 6.61 Å². The quantitative estimate of drug-likeness (QED) is 0.313. The number of aromatic hydroxyl groups is 2. The van der Waals surface area contributed by atoms with Crippen molar-refractivity contribution in [1.29, 1.82) is 0 Å². The summed E-state index contributed by atoms with van der Waals surface area (Å²) in [5.74, 6) is 0.0159. The Morgan fingerprint density at radius 3 is 2.71 bits per heavy atom. The molecule has 0 aromatic heterocycles. The first-order valence-electron chi connectivity index (χ1n) is 10.2. The highest BCUT2D eigenvalue weighted by Crippen LogP contribution is 2.60. The predicted octanol–water partition coefficient (Wildman–Crippen LogP) is 5.45. The normalized spacial score (nSPS) is 29.5. The Morgan fingerprint density at radius 1 is 1.25 bits per heavy atom. The summed E-state index contributed by atoms with van der Waals surface area (Å²) in [5.41, 5.74) is 2.27. The van der Waals surface area contributed by atoms with Crippen molar-refractivity contribution in [3.8, 4) is 11.5 Å². The highest BCUT2D eigenvalue weighted by Gasteiger charge is 2.53. The first-order valence-corrected chi connectivity index (χ1v) is 10.2. The average molecular weight is 385 g/mol. The van der Waals surface area contributed by atoms with Gasteiger partial charge in [0.15, 0.2) is 11.5 Å². The van der Waals surface area contributed by atoms with Crippen LogP contribution in [0.5, 0.6) is 11.5 Å². The summed E-state index contributed by atoms with van der Waals surface area (Å²) < 4.78 is 5.61. The van der Waals surface area contributed by atoms with Crippen LogP contribution in [0, 0.1) is 22.7 Å². The Bertz CT molecular complexity index is 792. The third-order valence-corrected chi connectivity index (χ3v) is 7.12. The summed E-state index contributed by atoms with van der Waals surface area (Å²) in [6.07, 6.45) is 8.75. The van der Waals surface area contributed by atoms with Crippen molar-refractivity contribution in [3.05, 3.63) is 42.0 Å². The lowest BCUT2D eigenvalue weighted by atomic mass is 9.48. The van der Waals surface area contributed by atoms with Gasteiger partial charge >= 0.3 is 5.97 Å². The number of carbonyl (C=O) groups is 1. The van der Waals surface area contributed by atoms with E-state index in [-0.39, 0.29) is 22.8 Å². The van der Waals surface area contributed by atoms with E-state index in [4.69, 9.17) is 4.74 Å². The molecule has 2 fully saturated rings. The number of hydrogen-bond acceptors (Lipinski definition) is 4. The second-order valence-corrected chi connectivity index (χ2v) is 9.36. The Labute approximate surface area is 167 Å². The van der Waals surface area contributed by atoms with Crippen LogP contribution in [0.15, 0.2) is 36.4 Å². The molecule has 3 atom stereocenters. The number of phenols is 2. The van der Waals surface area contributed by atoms with E-state index in [1.165, 1.54) is 43.0 Å². The molecule has 0 amide bonds. The number of hydrogen-bond donors (Lipinski definition) is 2. The summed E-state index contributed by atoms with van der Waals surface area (Å²) in [6, 6.07) is 4.41. The van der Waals surface area contributed by atoms with Gasteiger partial charge in [0.1, 0.15) is 0 Å². The van der Waals surface area contributed by atoms with Crippen LogP contribution in [0.3, 0.4) is 0 Å². The molecule has 152 valence electrons. The number of ether oxygens (including phenoxy) is 1. The summed E-state index contributed by atoms with van der Waals surface area (Å²) >= 11 is 0. The summed E-state index contributed by atoms with van der Waals surface area (Å²) in [4.78, 5) is 12.3. The molecule has 1 aromatic rings. The van der Waals surface area contributed by atoms with E-state index in [0.29, 0.717) is 23.5 Å². The van der Waals surface area contributed by atoms with Gasteiger partial charge in [-0.2, -0.15) is 0 Å². The van der Waals surface area contributed by atoms with E-state index < -0.39 is 5.97 Å². The standard InChI is InChI=1S/C24H32O4/c1-16-6-10-21-23(2,3)12-5-13-24(21,4)18(16)15-28-22(27)11-8-17-7-9-19(25)20(26)14-17/h7-9,11,14,18,21,25-26H,1,5-6,10,12-13,15H2,2-4H3/b11-8+/t18-,21-,24-/m0/s1. The van der Waals surface area contributed by atoms with Crippen LogP contribution in [0.25, 0.3) is 6.08 Å². The van der Waals surface area contributed by atoms with Gasteiger partial charge in [0.25, 0.3) is 0 Å². The van der Waals surface area contributed by atoms with Crippen molar-refractivity contribution in [2.75, 3.05) is 6.61 Å². The lowest BCUT2D eigenvalue weighted by Crippen LogP contribution is -2.50. The molecule has 0 spiro atoms. The number of benzene rings is 1. The lowest BCUT2D eigenvalue weighted by Gasteiger charge is -2.57. The van der Waals surface area contributed by atoms with Crippen LogP contribution < -0.4 is 0 Å². The molecule has 4 heteroatoms. The first kappa shape index (κ1) is 20.5. The maximum Gasteiger partial charge on any atom is 0.330 e. The van der Waals surface area contributed by atoms with Crippen molar-refractivity contribution in [2.24, 2.45) is 22.7 Å². The fourth-order valence-electron chi connectivity index (χ4n) is 5.60. The highest BCUT2D eigenvalue weighted by molar-refractivity contribution is 5.87. The number of carbonyl (C=O) groups excluding carboxylic acids is 1. The van der Waals surface area contributed by atoms with Crippen LogP contribution in [0.1, 0.15) is 58.4 Å². The molecule has 28 heavy (non-hydrogen) atoms. The van der Waals surface area contributed by atoms with E-state index in [1.807, 2.05) is 0 Å². The maximum absolute atomic E-state index is 12.3. The van der Waals surface area contributed by atoms with Crippen LogP contribution >= 0.6 is 0 Å². The van der Waals surface area contributed by atoms with Gasteiger partial charge in [-0.3, -0.25) is 0 Å². The molecule has 2 N–H and O–H groups in total. The second kappa shape index (κ2) is 7.65.